The van der Waals surface area contributed by atoms with Gasteiger partial charge in [0.2, 0.25) is 12.2 Å². The molecule has 9 rings (SSSR count). The van der Waals surface area contributed by atoms with E-state index in [0.29, 0.717) is 30.2 Å². The van der Waals surface area contributed by atoms with Crippen LogP contribution in [0.2, 0.25) is 0 Å². The molecule has 6 aromatic carbocycles. The van der Waals surface area contributed by atoms with E-state index in [1.807, 2.05) is 11.0 Å². The number of hydrogen-bond donors (Lipinski definition) is 0. The van der Waals surface area contributed by atoms with Gasteiger partial charge in [0.15, 0.2) is 0 Å². The maximum absolute atomic E-state index is 13.8. The van der Waals surface area contributed by atoms with E-state index in [2.05, 4.69) is 206 Å². The number of aromatic nitrogens is 2. The number of hydrogen-bond acceptors (Lipinski definition) is 1. The molecular formula is C54H57AuN4O-. The average Bonchev–Trinajstić information content (AvgIpc) is 3.76. The van der Waals surface area contributed by atoms with Gasteiger partial charge in [0.1, 0.15) is 0 Å². The summed E-state index contributed by atoms with van der Waals surface area (Å²) in [6.45, 7) is 22.5. The summed E-state index contributed by atoms with van der Waals surface area (Å²) in [5, 5.41) is 4.99. The fourth-order valence-corrected chi connectivity index (χ4v) is 8.95. The van der Waals surface area contributed by atoms with E-state index in [1.165, 1.54) is 66.2 Å². The van der Waals surface area contributed by atoms with Crippen molar-refractivity contribution in [3.63, 3.8) is 0 Å². The van der Waals surface area contributed by atoms with Gasteiger partial charge in [-0.15, -0.1) is 11.0 Å². The number of carbonyl (C=O) groups is 1. The predicted molar refractivity (Wildman–Crippen MR) is 249 cm³/mol. The number of carbonyl (C=O) groups excluding carboxylic acids is 1. The summed E-state index contributed by atoms with van der Waals surface area (Å²) in [6.07, 6.45) is 3.59. The first-order valence-corrected chi connectivity index (χ1v) is 21.3. The fraction of sp³-hybridized carbons (Fsp3) is 0.296. The maximum Gasteiger partial charge on any atom is 0.247 e. The molecule has 0 N–H and O–H groups in total. The quantitative estimate of drug-likeness (QED) is 0.0907. The molecule has 0 spiro atoms. The molecule has 2 aromatic heterocycles. The zero-order chi connectivity index (χ0) is 41.7. The van der Waals surface area contributed by atoms with Crippen molar-refractivity contribution in [2.75, 3.05) is 11.4 Å². The van der Waals surface area contributed by atoms with Crippen molar-refractivity contribution in [2.24, 2.45) is 5.41 Å². The smallest absolute Gasteiger partial charge is 0.247 e. The molecular weight excluding hydrogens is 918 g/mol. The van der Waals surface area contributed by atoms with E-state index in [9.17, 15) is 4.79 Å². The Morgan fingerprint density at radius 3 is 1.57 bits per heavy atom. The standard InChI is InChI=1S/C30H42N2O.C24H15N2.Au/c1-19(2)23-13-11-14-24(20(3)4)27(23)31-17-30(9,10)29(33)32(18-31)28-25(21(5)6)15-12-16-26(28)22(7)8;1-4-10-21-17(7-1)20-15-16(13-14-22(20)25-21)26-23-11-5-2-8-18(23)19-9-3-6-12-24(19)26;/h11-16,19-22H,17H2,1-10H3;1-15H;/q;-1;. The van der Waals surface area contributed by atoms with Crippen molar-refractivity contribution in [1.29, 1.82) is 0 Å². The van der Waals surface area contributed by atoms with Gasteiger partial charge in [-0.2, -0.15) is 0 Å². The molecule has 8 aromatic rings. The molecule has 3 heterocycles. The molecule has 0 saturated carbocycles. The second-order valence-electron chi connectivity index (χ2n) is 18.1. The number of amides is 1. The minimum Gasteiger partial charge on any atom is -0.657 e. The van der Waals surface area contributed by atoms with Gasteiger partial charge in [0, 0.05) is 38.8 Å². The summed E-state index contributed by atoms with van der Waals surface area (Å²) in [6, 6.07) is 45.2. The normalized spacial score (nSPS) is 14.1. The van der Waals surface area contributed by atoms with Gasteiger partial charge in [-0.1, -0.05) is 172 Å². The van der Waals surface area contributed by atoms with Crippen LogP contribution in [-0.2, 0) is 27.2 Å². The van der Waals surface area contributed by atoms with Crippen LogP contribution in [-0.4, -0.2) is 27.9 Å². The third kappa shape index (κ3) is 7.68. The number of para-hydroxylation sites is 5. The molecule has 60 heavy (non-hydrogen) atoms. The van der Waals surface area contributed by atoms with Crippen molar-refractivity contribution in [1.82, 2.24) is 9.55 Å². The zero-order valence-corrected chi connectivity index (χ0v) is 38.8. The van der Waals surface area contributed by atoms with Crippen LogP contribution in [0, 0.1) is 5.41 Å². The van der Waals surface area contributed by atoms with Gasteiger partial charge in [-0.25, -0.2) is 0 Å². The number of rotatable bonds is 7. The van der Waals surface area contributed by atoms with E-state index >= 15 is 0 Å². The van der Waals surface area contributed by atoms with E-state index in [1.54, 1.807) is 0 Å². The van der Waals surface area contributed by atoms with Crippen LogP contribution in [0.5, 0.6) is 0 Å². The summed E-state index contributed by atoms with van der Waals surface area (Å²) >= 11 is 0. The topological polar surface area (TPSA) is 42.4 Å². The molecule has 1 radical (unpaired) electrons. The number of benzene rings is 6. The van der Waals surface area contributed by atoms with Crippen LogP contribution in [0.25, 0.3) is 49.3 Å². The van der Waals surface area contributed by atoms with Gasteiger partial charge in [0.05, 0.1) is 34.4 Å². The fourth-order valence-electron chi connectivity index (χ4n) is 8.95. The molecule has 0 aliphatic carbocycles. The Kier molecular flexibility index (Phi) is 12.2. The van der Waals surface area contributed by atoms with E-state index in [0.717, 1.165) is 16.7 Å². The summed E-state index contributed by atoms with van der Waals surface area (Å²) in [5.74, 6) is 1.48. The molecule has 0 saturated heterocycles. The van der Waals surface area contributed by atoms with Gasteiger partial charge in [-0.3, -0.25) is 4.90 Å². The summed E-state index contributed by atoms with van der Waals surface area (Å²) in [7, 11) is 0. The first-order chi connectivity index (χ1) is 28.3. The Morgan fingerprint density at radius 2 is 1.03 bits per heavy atom. The number of fused-ring (bicyclic) bond motifs is 6. The van der Waals surface area contributed by atoms with Gasteiger partial charge in [0.25, 0.3) is 0 Å². The molecule has 6 heteroatoms. The van der Waals surface area contributed by atoms with Crippen LogP contribution in [0.1, 0.15) is 115 Å². The largest absolute Gasteiger partial charge is 0.657 e. The number of anilines is 1. The van der Waals surface area contributed by atoms with Crippen molar-refractivity contribution in [3.05, 3.63) is 150 Å². The van der Waals surface area contributed by atoms with E-state index in [-0.39, 0.29) is 28.3 Å². The van der Waals surface area contributed by atoms with Crippen LogP contribution in [0.4, 0.5) is 11.4 Å². The van der Waals surface area contributed by atoms with Crippen LogP contribution in [0.15, 0.2) is 127 Å². The molecule has 311 valence electrons. The third-order valence-electron chi connectivity index (χ3n) is 12.0. The molecule has 1 amide bonds. The van der Waals surface area contributed by atoms with Crippen molar-refractivity contribution < 1.29 is 31.8 Å². The van der Waals surface area contributed by atoms with Gasteiger partial charge in [-0.05, 0) is 81.0 Å². The Morgan fingerprint density at radius 1 is 0.567 bits per heavy atom. The first-order valence-electron chi connectivity index (χ1n) is 21.3. The molecule has 5 nitrogen and oxygen atoms in total. The Labute approximate surface area is 371 Å². The van der Waals surface area contributed by atoms with E-state index < -0.39 is 5.41 Å². The molecule has 1 aliphatic rings. The van der Waals surface area contributed by atoms with Crippen LogP contribution < -0.4 is 9.88 Å². The third-order valence-corrected chi connectivity index (χ3v) is 12.0. The second-order valence-corrected chi connectivity index (χ2v) is 18.1. The second kappa shape index (κ2) is 17.0. The van der Waals surface area contributed by atoms with E-state index in [4.69, 9.17) is 4.98 Å². The molecule has 0 atom stereocenters. The Bertz CT molecular complexity index is 2780. The zero-order valence-electron chi connectivity index (χ0n) is 36.6. The van der Waals surface area contributed by atoms with Crippen LogP contribution in [0.3, 0.4) is 0 Å². The first kappa shape index (κ1) is 42.9. The molecule has 0 bridgehead atoms. The maximum atomic E-state index is 13.8. The molecule has 1 aliphatic heterocycles. The van der Waals surface area contributed by atoms with Crippen molar-refractivity contribution in [3.8, 4) is 5.69 Å². The summed E-state index contributed by atoms with van der Waals surface area (Å²) < 4.78 is 4.58. The minimum atomic E-state index is -0.540. The monoisotopic (exact) mass is 974 g/mol. The average molecular weight is 975 g/mol. The Hall–Kier alpha value is -5.20. The molecule has 0 fully saturated rings. The predicted octanol–water partition coefficient (Wildman–Crippen LogP) is 13.8. The molecule has 0 unspecified atom stereocenters. The minimum absolute atomic E-state index is 0. The summed E-state index contributed by atoms with van der Waals surface area (Å²) in [4.78, 5) is 20.4. The summed E-state index contributed by atoms with van der Waals surface area (Å²) in [5.41, 5.74) is 12.4. The van der Waals surface area contributed by atoms with Crippen molar-refractivity contribution in [2.45, 2.75) is 92.9 Å². The number of nitrogens with zero attached hydrogens (tertiary/aromatic N) is 4. The van der Waals surface area contributed by atoms with Crippen LogP contribution >= 0.6 is 0 Å². The van der Waals surface area contributed by atoms with Gasteiger partial charge < -0.3 is 18.9 Å². The Balaban J connectivity index is 0.000000182. The van der Waals surface area contributed by atoms with Gasteiger partial charge >= 0.3 is 0 Å². The van der Waals surface area contributed by atoms with Crippen molar-refractivity contribution >= 4 is 67.2 Å². The SMILES string of the molecule is CC(C)c1cccc(C(C)C)c1N1[C-]=[N+](c2c(C(C)C)cccc2C(C)C)CC(C)(C)C1=O.[Au].c1ccc2c(c1)[n-]c1ccc(-n3c4ccccc4c4ccccc43)cc12.